The molecule has 0 fully saturated rings. The van der Waals surface area contributed by atoms with Gasteiger partial charge in [-0.15, -0.1) is 0 Å². The first-order valence-electron chi connectivity index (χ1n) is 5.66. The maximum Gasteiger partial charge on any atom is 0.271 e. The van der Waals surface area contributed by atoms with Crippen molar-refractivity contribution in [3.63, 3.8) is 0 Å². The highest BCUT2D eigenvalue weighted by molar-refractivity contribution is 5.82. The van der Waals surface area contributed by atoms with Crippen LogP contribution in [0.2, 0.25) is 0 Å². The second-order valence-corrected chi connectivity index (χ2v) is 4.24. The van der Waals surface area contributed by atoms with Crippen LogP contribution in [0.4, 0.5) is 5.69 Å². The van der Waals surface area contributed by atoms with Crippen LogP contribution in [0.3, 0.4) is 0 Å². The first kappa shape index (κ1) is 11.4. The second-order valence-electron chi connectivity index (χ2n) is 4.24. The number of benzene rings is 1. The van der Waals surface area contributed by atoms with Crippen molar-refractivity contribution in [2.45, 2.75) is 13.5 Å². The summed E-state index contributed by atoms with van der Waals surface area (Å²) in [6.07, 6.45) is 1.86. The number of rotatable bonds is 3. The van der Waals surface area contributed by atoms with Gasteiger partial charge in [0.05, 0.1) is 17.0 Å². The van der Waals surface area contributed by atoms with E-state index in [-0.39, 0.29) is 5.69 Å². The Morgan fingerprint density at radius 1 is 1.37 bits per heavy atom. The maximum absolute atomic E-state index is 10.8. The molecule has 3 aromatic rings. The summed E-state index contributed by atoms with van der Waals surface area (Å²) in [5, 5.41) is 19.3. The van der Waals surface area contributed by atoms with Crippen LogP contribution in [0, 0.1) is 17.0 Å². The molecule has 7 nitrogen and oxygen atoms in total. The van der Waals surface area contributed by atoms with Crippen LogP contribution in [0.1, 0.15) is 11.4 Å². The fourth-order valence-corrected chi connectivity index (χ4v) is 1.98. The first-order valence-corrected chi connectivity index (χ1v) is 5.66. The molecule has 0 radical (unpaired) electrons. The van der Waals surface area contributed by atoms with Crippen LogP contribution in [-0.2, 0) is 6.54 Å². The van der Waals surface area contributed by atoms with E-state index in [1.807, 2.05) is 16.8 Å². The van der Waals surface area contributed by atoms with Gasteiger partial charge in [-0.3, -0.25) is 10.1 Å². The number of nitro benzene ring substituents is 1. The summed E-state index contributed by atoms with van der Waals surface area (Å²) in [4.78, 5) is 10.4. The number of hydrogen-bond acceptors (Lipinski definition) is 5. The van der Waals surface area contributed by atoms with Crippen LogP contribution >= 0.6 is 0 Å². The Labute approximate surface area is 107 Å². The Bertz CT molecular complexity index is 759. The molecule has 0 saturated carbocycles. The standard InChI is InChI=1S/C12H10N4O3/c1-8-11(14-19-13-8)7-15-5-4-9-2-3-10(16(17)18)6-12(9)15/h2-6H,7H2,1H3. The molecule has 96 valence electrons. The molecule has 0 aliphatic heterocycles. The Hall–Kier alpha value is -2.70. The summed E-state index contributed by atoms with van der Waals surface area (Å²) >= 11 is 0. The maximum atomic E-state index is 10.8. The van der Waals surface area contributed by atoms with E-state index in [2.05, 4.69) is 14.9 Å². The first-order chi connectivity index (χ1) is 9.15. The van der Waals surface area contributed by atoms with E-state index in [9.17, 15) is 10.1 Å². The molecule has 0 N–H and O–H groups in total. The lowest BCUT2D eigenvalue weighted by atomic mass is 10.2. The molecule has 0 bridgehead atoms. The Kier molecular flexibility index (Phi) is 2.52. The van der Waals surface area contributed by atoms with E-state index in [1.54, 1.807) is 19.1 Å². The van der Waals surface area contributed by atoms with Crippen molar-refractivity contribution in [2.75, 3.05) is 0 Å². The minimum Gasteiger partial charge on any atom is -0.341 e. The number of aryl methyl sites for hydroxylation is 1. The molecular formula is C12H10N4O3. The third-order valence-electron chi connectivity index (χ3n) is 3.03. The van der Waals surface area contributed by atoms with E-state index in [0.717, 1.165) is 10.9 Å². The number of nitro groups is 1. The van der Waals surface area contributed by atoms with E-state index in [0.29, 0.717) is 17.9 Å². The molecular weight excluding hydrogens is 248 g/mol. The molecule has 3 rings (SSSR count). The molecule has 0 unspecified atom stereocenters. The highest BCUT2D eigenvalue weighted by Gasteiger charge is 2.11. The van der Waals surface area contributed by atoms with Crippen LogP contribution in [0.5, 0.6) is 0 Å². The predicted molar refractivity (Wildman–Crippen MR) is 66.7 cm³/mol. The lowest BCUT2D eigenvalue weighted by Crippen LogP contribution is -2.00. The zero-order valence-electron chi connectivity index (χ0n) is 10.1. The van der Waals surface area contributed by atoms with Crippen molar-refractivity contribution in [3.05, 3.63) is 52.0 Å². The monoisotopic (exact) mass is 258 g/mol. The number of hydrogen-bond donors (Lipinski definition) is 0. The molecule has 0 aliphatic carbocycles. The molecule has 19 heavy (non-hydrogen) atoms. The minimum atomic E-state index is -0.403. The third-order valence-corrected chi connectivity index (χ3v) is 3.03. The largest absolute Gasteiger partial charge is 0.341 e. The zero-order valence-corrected chi connectivity index (χ0v) is 10.1. The summed E-state index contributed by atoms with van der Waals surface area (Å²) < 4.78 is 6.53. The van der Waals surface area contributed by atoms with Gasteiger partial charge in [-0.05, 0) is 19.1 Å². The molecule has 1 aromatic carbocycles. The molecule has 0 amide bonds. The quantitative estimate of drug-likeness (QED) is 0.531. The van der Waals surface area contributed by atoms with E-state index < -0.39 is 4.92 Å². The summed E-state index contributed by atoms with van der Waals surface area (Å²) in [6, 6.07) is 6.69. The van der Waals surface area contributed by atoms with Crippen molar-refractivity contribution in [1.82, 2.24) is 14.9 Å². The topological polar surface area (TPSA) is 87.0 Å². The Balaban J connectivity index is 2.06. The number of non-ortho nitro benzene ring substituents is 1. The minimum absolute atomic E-state index is 0.0717. The van der Waals surface area contributed by atoms with Crippen LogP contribution < -0.4 is 0 Å². The van der Waals surface area contributed by atoms with Gasteiger partial charge in [0.25, 0.3) is 5.69 Å². The third kappa shape index (κ3) is 1.95. The molecule has 7 heteroatoms. The summed E-state index contributed by atoms with van der Waals surface area (Å²) in [5.74, 6) is 0. The van der Waals surface area contributed by atoms with Crippen molar-refractivity contribution < 1.29 is 9.55 Å². The number of aromatic nitrogens is 3. The molecule has 0 saturated heterocycles. The SMILES string of the molecule is Cc1nonc1Cn1ccc2ccc([N+](=O)[O-])cc21. The van der Waals surface area contributed by atoms with Crippen molar-refractivity contribution in [3.8, 4) is 0 Å². The van der Waals surface area contributed by atoms with Crippen molar-refractivity contribution in [2.24, 2.45) is 0 Å². The van der Waals surface area contributed by atoms with Gasteiger partial charge >= 0.3 is 0 Å². The van der Waals surface area contributed by atoms with Crippen LogP contribution in [-0.4, -0.2) is 19.8 Å². The number of nitrogens with zero attached hydrogens (tertiary/aromatic N) is 4. The van der Waals surface area contributed by atoms with Gasteiger partial charge in [-0.25, -0.2) is 4.63 Å². The van der Waals surface area contributed by atoms with Gasteiger partial charge in [0.15, 0.2) is 0 Å². The Morgan fingerprint density at radius 3 is 2.89 bits per heavy atom. The van der Waals surface area contributed by atoms with E-state index in [1.165, 1.54) is 6.07 Å². The molecule has 0 atom stereocenters. The van der Waals surface area contributed by atoms with Gasteiger partial charge in [0.2, 0.25) is 0 Å². The summed E-state index contributed by atoms with van der Waals surface area (Å²) in [6.45, 7) is 2.28. The molecule has 2 heterocycles. The lowest BCUT2D eigenvalue weighted by molar-refractivity contribution is -0.384. The van der Waals surface area contributed by atoms with Gasteiger partial charge < -0.3 is 4.57 Å². The van der Waals surface area contributed by atoms with Crippen molar-refractivity contribution in [1.29, 1.82) is 0 Å². The Morgan fingerprint density at radius 2 is 2.21 bits per heavy atom. The van der Waals surface area contributed by atoms with Crippen LogP contribution in [0.15, 0.2) is 35.1 Å². The smallest absolute Gasteiger partial charge is 0.271 e. The second kappa shape index (κ2) is 4.20. The summed E-state index contributed by atoms with van der Waals surface area (Å²) in [5.41, 5.74) is 2.29. The van der Waals surface area contributed by atoms with Gasteiger partial charge in [0, 0.05) is 23.7 Å². The van der Waals surface area contributed by atoms with Crippen LogP contribution in [0.25, 0.3) is 10.9 Å². The van der Waals surface area contributed by atoms with Gasteiger partial charge in [-0.1, -0.05) is 10.3 Å². The highest BCUT2D eigenvalue weighted by atomic mass is 16.6. The normalized spacial score (nSPS) is 11.0. The highest BCUT2D eigenvalue weighted by Crippen LogP contribution is 2.22. The number of fused-ring (bicyclic) bond motifs is 1. The average molecular weight is 258 g/mol. The van der Waals surface area contributed by atoms with Gasteiger partial charge in [-0.2, -0.15) is 0 Å². The van der Waals surface area contributed by atoms with Gasteiger partial charge in [0.1, 0.15) is 11.4 Å². The van der Waals surface area contributed by atoms with E-state index in [4.69, 9.17) is 0 Å². The lowest BCUT2D eigenvalue weighted by Gasteiger charge is -2.02. The molecule has 0 aliphatic rings. The fraction of sp³-hybridized carbons (Fsp3) is 0.167. The fourth-order valence-electron chi connectivity index (χ4n) is 1.98. The average Bonchev–Trinajstić information content (AvgIpc) is 2.97. The zero-order chi connectivity index (χ0) is 13.4. The molecule has 0 spiro atoms. The predicted octanol–water partition coefficient (Wildman–Crippen LogP) is 2.29. The van der Waals surface area contributed by atoms with E-state index >= 15 is 0 Å². The molecule has 2 aromatic heterocycles. The summed E-state index contributed by atoms with van der Waals surface area (Å²) in [7, 11) is 0. The van der Waals surface area contributed by atoms with Crippen molar-refractivity contribution >= 4 is 16.6 Å².